The summed E-state index contributed by atoms with van der Waals surface area (Å²) >= 11 is 1.50. The van der Waals surface area contributed by atoms with Crippen molar-refractivity contribution in [1.29, 1.82) is 5.26 Å². The zero-order chi connectivity index (χ0) is 14.7. The van der Waals surface area contributed by atoms with Gasteiger partial charge in [-0.15, -0.1) is 0 Å². The quantitative estimate of drug-likeness (QED) is 0.624. The van der Waals surface area contributed by atoms with Gasteiger partial charge >= 0.3 is 0 Å². The van der Waals surface area contributed by atoms with Crippen LogP contribution in [0.4, 0.5) is 5.69 Å². The third-order valence-electron chi connectivity index (χ3n) is 2.86. The molecular formula is C15H12N2O2S. The second-order valence-electron chi connectivity index (χ2n) is 4.42. The highest BCUT2D eigenvalue weighted by Gasteiger charge is 2.14. The molecule has 2 aromatic rings. The molecule has 0 saturated carbocycles. The predicted octanol–water partition coefficient (Wildman–Crippen LogP) is 4.23. The molecule has 0 aliphatic carbocycles. The molecule has 0 atom stereocenters. The Morgan fingerprint density at radius 3 is 2.60 bits per heavy atom. The normalized spacial score (nSPS) is 10.1. The molecule has 0 bridgehead atoms. The molecule has 0 aliphatic rings. The van der Waals surface area contributed by atoms with Crippen molar-refractivity contribution in [3.8, 4) is 6.07 Å². The molecule has 4 nitrogen and oxygen atoms in total. The Morgan fingerprint density at radius 1 is 1.20 bits per heavy atom. The van der Waals surface area contributed by atoms with Gasteiger partial charge in [-0.3, -0.25) is 10.1 Å². The Balaban J connectivity index is 2.38. The Kier molecular flexibility index (Phi) is 4.06. The fourth-order valence-corrected chi connectivity index (χ4v) is 2.81. The van der Waals surface area contributed by atoms with Crippen molar-refractivity contribution < 1.29 is 4.92 Å². The minimum Gasteiger partial charge on any atom is -0.258 e. The molecule has 0 heterocycles. The smallest absolute Gasteiger partial charge is 0.258 e. The van der Waals surface area contributed by atoms with E-state index in [4.69, 9.17) is 5.26 Å². The van der Waals surface area contributed by atoms with Gasteiger partial charge in [-0.2, -0.15) is 5.26 Å². The SMILES string of the molecule is Cc1ccc(C)c(Sc2ccc([N+](=O)[O-])c(C#N)c2)c1. The van der Waals surface area contributed by atoms with E-state index in [9.17, 15) is 10.1 Å². The number of nitro benzene ring substituents is 1. The van der Waals surface area contributed by atoms with Crippen molar-refractivity contribution in [3.05, 3.63) is 63.2 Å². The van der Waals surface area contributed by atoms with E-state index < -0.39 is 4.92 Å². The molecule has 0 aromatic heterocycles. The highest BCUT2D eigenvalue weighted by atomic mass is 32.2. The standard InChI is InChI=1S/C15H12N2O2S/c1-10-3-4-11(2)15(7-10)20-13-5-6-14(17(18)19)12(8-13)9-16/h3-8H,1-2H3. The van der Waals surface area contributed by atoms with Gasteiger partial charge in [0.05, 0.1) is 4.92 Å². The summed E-state index contributed by atoms with van der Waals surface area (Å²) < 4.78 is 0. The molecule has 0 fully saturated rings. The Bertz CT molecular complexity index is 720. The molecule has 0 saturated heterocycles. The first-order valence-electron chi connectivity index (χ1n) is 5.95. The highest BCUT2D eigenvalue weighted by Crippen LogP contribution is 2.33. The largest absolute Gasteiger partial charge is 0.287 e. The van der Waals surface area contributed by atoms with Gasteiger partial charge in [0.2, 0.25) is 0 Å². The maximum absolute atomic E-state index is 10.8. The average molecular weight is 284 g/mol. The number of nitrogens with zero attached hydrogens (tertiary/aromatic N) is 2. The lowest BCUT2D eigenvalue weighted by atomic mass is 10.2. The lowest BCUT2D eigenvalue weighted by Crippen LogP contribution is -1.92. The molecule has 2 rings (SSSR count). The number of aryl methyl sites for hydroxylation is 2. The second kappa shape index (κ2) is 5.76. The van der Waals surface area contributed by atoms with Crippen LogP contribution in [-0.4, -0.2) is 4.92 Å². The van der Waals surface area contributed by atoms with E-state index in [2.05, 4.69) is 6.07 Å². The van der Waals surface area contributed by atoms with Crippen LogP contribution in [0.3, 0.4) is 0 Å². The van der Waals surface area contributed by atoms with Crippen molar-refractivity contribution in [1.82, 2.24) is 0 Å². The van der Waals surface area contributed by atoms with Gasteiger partial charge in [-0.1, -0.05) is 23.9 Å². The van der Waals surface area contributed by atoms with Crippen LogP contribution in [0.15, 0.2) is 46.2 Å². The van der Waals surface area contributed by atoms with E-state index in [-0.39, 0.29) is 11.3 Å². The molecule has 0 unspecified atom stereocenters. The van der Waals surface area contributed by atoms with E-state index in [0.717, 1.165) is 20.9 Å². The highest BCUT2D eigenvalue weighted by molar-refractivity contribution is 7.99. The first kappa shape index (κ1) is 14.1. The summed E-state index contributed by atoms with van der Waals surface area (Å²) in [4.78, 5) is 12.2. The van der Waals surface area contributed by atoms with E-state index >= 15 is 0 Å². The van der Waals surface area contributed by atoms with Gasteiger partial charge in [0.15, 0.2) is 0 Å². The fraction of sp³-hybridized carbons (Fsp3) is 0.133. The third-order valence-corrected chi connectivity index (χ3v) is 4.01. The van der Waals surface area contributed by atoms with Crippen molar-refractivity contribution in [3.63, 3.8) is 0 Å². The summed E-state index contributed by atoms with van der Waals surface area (Å²) in [5.41, 5.74) is 2.22. The minimum absolute atomic E-state index is 0.0882. The summed E-state index contributed by atoms with van der Waals surface area (Å²) in [6.07, 6.45) is 0. The summed E-state index contributed by atoms with van der Waals surface area (Å²) in [5.74, 6) is 0. The van der Waals surface area contributed by atoms with Crippen LogP contribution in [0.25, 0.3) is 0 Å². The van der Waals surface area contributed by atoms with Crippen LogP contribution >= 0.6 is 11.8 Å². The monoisotopic (exact) mass is 284 g/mol. The molecule has 0 amide bonds. The van der Waals surface area contributed by atoms with Gasteiger partial charge in [0, 0.05) is 15.9 Å². The van der Waals surface area contributed by atoms with Crippen molar-refractivity contribution in [2.75, 3.05) is 0 Å². The van der Waals surface area contributed by atoms with Crippen LogP contribution in [0, 0.1) is 35.3 Å². The summed E-state index contributed by atoms with van der Waals surface area (Å²) in [6, 6.07) is 12.6. The number of nitro groups is 1. The van der Waals surface area contributed by atoms with Crippen molar-refractivity contribution in [2.24, 2.45) is 0 Å². The van der Waals surface area contributed by atoms with E-state index in [1.165, 1.54) is 17.8 Å². The van der Waals surface area contributed by atoms with Gasteiger partial charge < -0.3 is 0 Å². The average Bonchev–Trinajstić information content (AvgIpc) is 2.42. The summed E-state index contributed by atoms with van der Waals surface area (Å²) in [7, 11) is 0. The second-order valence-corrected chi connectivity index (χ2v) is 5.53. The van der Waals surface area contributed by atoms with Gasteiger partial charge in [0.1, 0.15) is 11.6 Å². The number of hydrogen-bond donors (Lipinski definition) is 0. The Morgan fingerprint density at radius 2 is 1.95 bits per heavy atom. The van der Waals surface area contributed by atoms with E-state index in [0.29, 0.717) is 0 Å². The first-order valence-corrected chi connectivity index (χ1v) is 6.76. The van der Waals surface area contributed by atoms with Crippen molar-refractivity contribution >= 4 is 17.4 Å². The minimum atomic E-state index is -0.537. The molecule has 0 aliphatic heterocycles. The number of nitriles is 1. The lowest BCUT2D eigenvalue weighted by molar-refractivity contribution is -0.385. The molecule has 0 spiro atoms. The number of rotatable bonds is 3. The molecule has 5 heteroatoms. The zero-order valence-corrected chi connectivity index (χ0v) is 11.9. The third kappa shape index (κ3) is 2.98. The maximum atomic E-state index is 10.8. The zero-order valence-electron chi connectivity index (χ0n) is 11.1. The van der Waals surface area contributed by atoms with Crippen LogP contribution < -0.4 is 0 Å². The lowest BCUT2D eigenvalue weighted by Gasteiger charge is -2.07. The first-order chi connectivity index (χ1) is 9.51. The van der Waals surface area contributed by atoms with Gasteiger partial charge in [0.25, 0.3) is 5.69 Å². The molecule has 20 heavy (non-hydrogen) atoms. The van der Waals surface area contributed by atoms with Crippen LogP contribution in [0.1, 0.15) is 16.7 Å². The molecule has 2 aromatic carbocycles. The van der Waals surface area contributed by atoms with Crippen LogP contribution in [0.5, 0.6) is 0 Å². The van der Waals surface area contributed by atoms with E-state index in [1.54, 1.807) is 12.1 Å². The van der Waals surface area contributed by atoms with Gasteiger partial charge in [-0.05, 0) is 43.2 Å². The predicted molar refractivity (Wildman–Crippen MR) is 77.9 cm³/mol. The van der Waals surface area contributed by atoms with Crippen LogP contribution in [-0.2, 0) is 0 Å². The molecule has 100 valence electrons. The molecule has 0 radical (unpaired) electrons. The van der Waals surface area contributed by atoms with Gasteiger partial charge in [-0.25, -0.2) is 0 Å². The molecular weight excluding hydrogens is 272 g/mol. The number of benzene rings is 2. The van der Waals surface area contributed by atoms with Crippen LogP contribution in [0.2, 0.25) is 0 Å². The number of hydrogen-bond acceptors (Lipinski definition) is 4. The Hall–Kier alpha value is -2.32. The maximum Gasteiger partial charge on any atom is 0.287 e. The summed E-state index contributed by atoms with van der Waals surface area (Å²) in [6.45, 7) is 4.03. The fourth-order valence-electron chi connectivity index (χ4n) is 1.77. The summed E-state index contributed by atoms with van der Waals surface area (Å²) in [5, 5.41) is 19.8. The Labute approximate surface area is 121 Å². The molecule has 0 N–H and O–H groups in total. The van der Waals surface area contributed by atoms with Crippen molar-refractivity contribution in [2.45, 2.75) is 23.6 Å². The topological polar surface area (TPSA) is 66.9 Å². The van der Waals surface area contributed by atoms with E-state index in [1.807, 2.05) is 32.0 Å².